The Morgan fingerprint density at radius 2 is 1.94 bits per heavy atom. The van der Waals surface area contributed by atoms with Crippen LogP contribution in [0.3, 0.4) is 0 Å². The number of furan rings is 1. The van der Waals surface area contributed by atoms with Crippen LogP contribution >= 0.6 is 27.5 Å². The lowest BCUT2D eigenvalue weighted by Gasteiger charge is -2.05. The molecule has 0 aliphatic heterocycles. The van der Waals surface area contributed by atoms with Gasteiger partial charge in [0, 0.05) is 17.6 Å². The van der Waals surface area contributed by atoms with Gasteiger partial charge in [0.1, 0.15) is 0 Å². The predicted octanol–water partition coefficient (Wildman–Crippen LogP) is 4.02. The van der Waals surface area contributed by atoms with Crippen LogP contribution in [-0.2, 0) is 6.54 Å². The summed E-state index contributed by atoms with van der Waals surface area (Å²) in [6, 6.07) is 10.3. The number of carbonyl (C=O) groups is 1. The van der Waals surface area contributed by atoms with Crippen molar-refractivity contribution in [2.45, 2.75) is 6.54 Å². The van der Waals surface area contributed by atoms with Gasteiger partial charge in [0.15, 0.2) is 4.67 Å². The first-order valence-corrected chi connectivity index (χ1v) is 6.35. The van der Waals surface area contributed by atoms with Crippen molar-refractivity contribution in [1.29, 1.82) is 0 Å². The molecule has 18 heavy (non-hydrogen) atoms. The normalized spacial score (nSPS) is 10.1. The van der Waals surface area contributed by atoms with Gasteiger partial charge in [-0.1, -0.05) is 23.7 Å². The predicted molar refractivity (Wildman–Crippen MR) is 73.7 cm³/mol. The van der Waals surface area contributed by atoms with Crippen molar-refractivity contribution in [2.75, 3.05) is 5.32 Å². The van der Waals surface area contributed by atoms with Gasteiger partial charge >= 0.3 is 6.03 Å². The maximum Gasteiger partial charge on any atom is 0.321 e. The van der Waals surface area contributed by atoms with Crippen LogP contribution in [0.4, 0.5) is 10.7 Å². The number of carbonyl (C=O) groups excluding carboxylic acids is 1. The van der Waals surface area contributed by atoms with Crippen molar-refractivity contribution in [3.05, 3.63) is 51.7 Å². The average molecular weight is 330 g/mol. The van der Waals surface area contributed by atoms with Gasteiger partial charge in [0.05, 0.1) is 0 Å². The molecule has 6 heteroatoms. The van der Waals surface area contributed by atoms with Crippen LogP contribution in [0, 0.1) is 0 Å². The van der Waals surface area contributed by atoms with Gasteiger partial charge in [-0.2, -0.15) is 0 Å². The van der Waals surface area contributed by atoms with E-state index in [-0.39, 0.29) is 6.03 Å². The molecule has 0 radical (unpaired) electrons. The molecule has 4 nitrogen and oxygen atoms in total. The molecule has 0 fully saturated rings. The highest BCUT2D eigenvalue weighted by molar-refractivity contribution is 9.10. The second-order valence-corrected chi connectivity index (χ2v) is 4.76. The van der Waals surface area contributed by atoms with E-state index in [1.54, 1.807) is 24.3 Å². The van der Waals surface area contributed by atoms with Gasteiger partial charge in [-0.25, -0.2) is 4.79 Å². The molecule has 0 atom stereocenters. The molecule has 94 valence electrons. The van der Waals surface area contributed by atoms with Gasteiger partial charge < -0.3 is 9.73 Å². The first kappa shape index (κ1) is 13.0. The molecule has 2 amide bonds. The van der Waals surface area contributed by atoms with Crippen LogP contribution in [0.2, 0.25) is 5.02 Å². The summed E-state index contributed by atoms with van der Waals surface area (Å²) in [4.78, 5) is 11.5. The molecule has 0 aliphatic rings. The molecule has 1 aromatic carbocycles. The topological polar surface area (TPSA) is 54.3 Å². The standard InChI is InChI=1S/C12H10BrClN2O2/c13-10-5-6-11(18-10)16-12(17)15-7-8-1-3-9(14)4-2-8/h1-6H,7H2,(H2,15,16,17). The minimum atomic E-state index is -0.327. The summed E-state index contributed by atoms with van der Waals surface area (Å²) in [6.07, 6.45) is 0. The van der Waals surface area contributed by atoms with Crippen molar-refractivity contribution in [3.63, 3.8) is 0 Å². The van der Waals surface area contributed by atoms with Gasteiger partial charge in [-0.05, 0) is 39.7 Å². The van der Waals surface area contributed by atoms with E-state index < -0.39 is 0 Å². The maximum atomic E-state index is 11.5. The van der Waals surface area contributed by atoms with Crippen LogP contribution in [0.25, 0.3) is 0 Å². The molecule has 1 heterocycles. The van der Waals surface area contributed by atoms with Crippen LogP contribution in [0.5, 0.6) is 0 Å². The smallest absolute Gasteiger partial charge is 0.321 e. The second-order valence-electron chi connectivity index (χ2n) is 3.54. The highest BCUT2D eigenvalue weighted by atomic mass is 79.9. The van der Waals surface area contributed by atoms with Crippen molar-refractivity contribution in [2.24, 2.45) is 0 Å². The second kappa shape index (κ2) is 5.93. The fourth-order valence-corrected chi connectivity index (χ4v) is 1.75. The SMILES string of the molecule is O=C(NCc1ccc(Cl)cc1)Nc1ccc(Br)o1. The summed E-state index contributed by atoms with van der Waals surface area (Å²) in [5.41, 5.74) is 0.968. The van der Waals surface area contributed by atoms with Crippen molar-refractivity contribution in [3.8, 4) is 0 Å². The van der Waals surface area contributed by atoms with Crippen molar-refractivity contribution >= 4 is 39.4 Å². The average Bonchev–Trinajstić information content (AvgIpc) is 2.74. The van der Waals surface area contributed by atoms with Crippen LogP contribution in [0.15, 0.2) is 45.5 Å². The van der Waals surface area contributed by atoms with Crippen LogP contribution in [-0.4, -0.2) is 6.03 Å². The first-order chi connectivity index (χ1) is 8.63. The summed E-state index contributed by atoms with van der Waals surface area (Å²) in [6.45, 7) is 0.422. The highest BCUT2D eigenvalue weighted by Gasteiger charge is 2.04. The number of hydrogen-bond acceptors (Lipinski definition) is 2. The fourth-order valence-electron chi connectivity index (χ4n) is 1.32. The third kappa shape index (κ3) is 3.78. The molecule has 2 rings (SSSR count). The molecule has 0 unspecified atom stereocenters. The van der Waals surface area contributed by atoms with E-state index in [1.807, 2.05) is 12.1 Å². The number of benzene rings is 1. The number of urea groups is 1. The molecule has 0 bridgehead atoms. The molecular formula is C12H10BrClN2O2. The van der Waals surface area contributed by atoms with Crippen molar-refractivity contribution in [1.82, 2.24) is 5.32 Å². The minimum absolute atomic E-state index is 0.327. The summed E-state index contributed by atoms with van der Waals surface area (Å²) in [5.74, 6) is 0.385. The fraction of sp³-hybridized carbons (Fsp3) is 0.0833. The third-order valence-electron chi connectivity index (χ3n) is 2.18. The Morgan fingerprint density at radius 1 is 1.22 bits per heavy atom. The van der Waals surface area contributed by atoms with E-state index in [4.69, 9.17) is 16.0 Å². The van der Waals surface area contributed by atoms with E-state index in [0.717, 1.165) is 5.56 Å². The number of hydrogen-bond donors (Lipinski definition) is 2. The maximum absolute atomic E-state index is 11.5. The molecule has 2 aromatic rings. The minimum Gasteiger partial charge on any atom is -0.434 e. The number of rotatable bonds is 3. The van der Waals surface area contributed by atoms with Crippen LogP contribution in [0.1, 0.15) is 5.56 Å². The zero-order valence-electron chi connectivity index (χ0n) is 9.24. The lowest BCUT2D eigenvalue weighted by atomic mass is 10.2. The summed E-state index contributed by atoms with van der Waals surface area (Å²) >= 11 is 8.92. The number of nitrogens with one attached hydrogen (secondary N) is 2. The summed E-state index contributed by atoms with van der Waals surface area (Å²) < 4.78 is 5.71. The van der Waals surface area contributed by atoms with E-state index in [0.29, 0.717) is 22.1 Å². The molecule has 0 aliphatic carbocycles. The Morgan fingerprint density at radius 3 is 2.56 bits per heavy atom. The zero-order valence-corrected chi connectivity index (χ0v) is 11.6. The molecule has 0 spiro atoms. The molecular weight excluding hydrogens is 320 g/mol. The summed E-state index contributed by atoms with van der Waals surface area (Å²) in [5, 5.41) is 5.95. The zero-order chi connectivity index (χ0) is 13.0. The summed E-state index contributed by atoms with van der Waals surface area (Å²) in [7, 11) is 0. The lowest BCUT2D eigenvalue weighted by molar-refractivity contribution is 0.251. The Kier molecular flexibility index (Phi) is 4.28. The molecule has 2 N–H and O–H groups in total. The number of halogens is 2. The molecule has 1 aromatic heterocycles. The van der Waals surface area contributed by atoms with E-state index in [9.17, 15) is 4.79 Å². The monoisotopic (exact) mass is 328 g/mol. The Hall–Kier alpha value is -1.46. The van der Waals surface area contributed by atoms with Crippen LogP contribution < -0.4 is 10.6 Å². The Labute approximate surface area is 117 Å². The Bertz CT molecular complexity index is 539. The van der Waals surface area contributed by atoms with Gasteiger partial charge in [-0.15, -0.1) is 0 Å². The van der Waals surface area contributed by atoms with E-state index >= 15 is 0 Å². The molecule has 0 saturated heterocycles. The quantitative estimate of drug-likeness (QED) is 0.893. The number of anilines is 1. The lowest BCUT2D eigenvalue weighted by Crippen LogP contribution is -2.27. The number of amides is 2. The first-order valence-electron chi connectivity index (χ1n) is 5.18. The van der Waals surface area contributed by atoms with Gasteiger partial charge in [0.2, 0.25) is 5.88 Å². The van der Waals surface area contributed by atoms with E-state index in [2.05, 4.69) is 26.6 Å². The Balaban J connectivity index is 1.83. The van der Waals surface area contributed by atoms with Gasteiger partial charge in [0.25, 0.3) is 0 Å². The molecule has 0 saturated carbocycles. The van der Waals surface area contributed by atoms with E-state index in [1.165, 1.54) is 0 Å². The third-order valence-corrected chi connectivity index (χ3v) is 2.85. The van der Waals surface area contributed by atoms with Crippen molar-refractivity contribution < 1.29 is 9.21 Å². The van der Waals surface area contributed by atoms with Gasteiger partial charge in [-0.3, -0.25) is 5.32 Å². The largest absolute Gasteiger partial charge is 0.434 e. The highest BCUT2D eigenvalue weighted by Crippen LogP contribution is 2.18.